The average molecular weight is 442 g/mol. The molecule has 0 amide bonds. The molecule has 5 nitrogen and oxygen atoms in total. The number of thiophene rings is 1. The van der Waals surface area contributed by atoms with Gasteiger partial charge in [-0.1, -0.05) is 40.3 Å². The van der Waals surface area contributed by atoms with Gasteiger partial charge in [-0.2, -0.15) is 9.61 Å². The van der Waals surface area contributed by atoms with E-state index >= 15 is 0 Å². The van der Waals surface area contributed by atoms with Crippen molar-refractivity contribution in [3.05, 3.63) is 52.1 Å². The van der Waals surface area contributed by atoms with Gasteiger partial charge in [-0.05, 0) is 35.7 Å². The molecule has 4 aromatic heterocycles. The van der Waals surface area contributed by atoms with Gasteiger partial charge in [0.2, 0.25) is 4.96 Å². The molecule has 0 aliphatic heterocycles. The Balaban J connectivity index is 1.81. The quantitative estimate of drug-likeness (QED) is 0.373. The summed E-state index contributed by atoms with van der Waals surface area (Å²) in [7, 11) is 0. The number of nitrogens with zero attached hydrogens (tertiary/aromatic N) is 5. The highest BCUT2D eigenvalue weighted by atomic mass is 79.9. The SMILES string of the molecule is CCc1nnc2sc(-c3cc(-c4cccs4)nc4ccc(Br)cc34)nn12. The molecule has 26 heavy (non-hydrogen) atoms. The second-order valence-corrected chi connectivity index (χ2v) is 8.58. The molecule has 4 heterocycles. The van der Waals surface area contributed by atoms with Gasteiger partial charge in [0.05, 0.1) is 16.1 Å². The van der Waals surface area contributed by atoms with Crippen LogP contribution in [0.1, 0.15) is 12.7 Å². The van der Waals surface area contributed by atoms with E-state index in [1.165, 1.54) is 0 Å². The van der Waals surface area contributed by atoms with Crippen LogP contribution in [-0.4, -0.2) is 24.8 Å². The van der Waals surface area contributed by atoms with Crippen LogP contribution >= 0.6 is 38.6 Å². The number of aromatic nitrogens is 5. The van der Waals surface area contributed by atoms with Gasteiger partial charge in [-0.25, -0.2) is 4.98 Å². The molecule has 128 valence electrons. The third-order valence-electron chi connectivity index (χ3n) is 4.15. The molecule has 0 atom stereocenters. The Labute approximate surface area is 165 Å². The zero-order chi connectivity index (χ0) is 17.7. The first-order valence-electron chi connectivity index (χ1n) is 8.08. The highest BCUT2D eigenvalue weighted by Gasteiger charge is 2.16. The van der Waals surface area contributed by atoms with Crippen molar-refractivity contribution in [2.45, 2.75) is 13.3 Å². The summed E-state index contributed by atoms with van der Waals surface area (Å²) in [5, 5.41) is 17.3. The van der Waals surface area contributed by atoms with Gasteiger partial charge in [0.1, 0.15) is 5.01 Å². The van der Waals surface area contributed by atoms with Crippen LogP contribution in [0, 0.1) is 0 Å². The number of fused-ring (bicyclic) bond motifs is 2. The second kappa shape index (κ2) is 6.22. The largest absolute Gasteiger partial charge is 0.247 e. The van der Waals surface area contributed by atoms with Gasteiger partial charge < -0.3 is 0 Å². The fourth-order valence-electron chi connectivity index (χ4n) is 2.91. The molecule has 0 aliphatic carbocycles. The van der Waals surface area contributed by atoms with Crippen molar-refractivity contribution in [3.8, 4) is 21.1 Å². The lowest BCUT2D eigenvalue weighted by atomic mass is 10.1. The predicted molar refractivity (Wildman–Crippen MR) is 110 cm³/mol. The molecule has 0 spiro atoms. The van der Waals surface area contributed by atoms with Crippen molar-refractivity contribution in [2.75, 3.05) is 0 Å². The molecule has 0 unspecified atom stereocenters. The molecule has 5 aromatic rings. The van der Waals surface area contributed by atoms with Crippen LogP contribution in [0.15, 0.2) is 46.3 Å². The summed E-state index contributed by atoms with van der Waals surface area (Å²) >= 11 is 6.82. The minimum Gasteiger partial charge on any atom is -0.247 e. The molecule has 5 rings (SSSR count). The van der Waals surface area contributed by atoms with Crippen LogP contribution in [0.5, 0.6) is 0 Å². The maximum absolute atomic E-state index is 4.85. The minimum atomic E-state index is 0.799. The van der Waals surface area contributed by atoms with Crippen LogP contribution in [0.2, 0.25) is 0 Å². The molecule has 8 heteroatoms. The lowest BCUT2D eigenvalue weighted by Crippen LogP contribution is -1.94. The van der Waals surface area contributed by atoms with Gasteiger partial charge in [-0.15, -0.1) is 21.5 Å². The number of pyridine rings is 1. The normalized spacial score (nSPS) is 11.6. The molecule has 0 aliphatic rings. The summed E-state index contributed by atoms with van der Waals surface area (Å²) in [5.74, 6) is 0.875. The van der Waals surface area contributed by atoms with Crippen molar-refractivity contribution in [1.29, 1.82) is 0 Å². The van der Waals surface area contributed by atoms with Crippen LogP contribution < -0.4 is 0 Å². The fourth-order valence-corrected chi connectivity index (χ4v) is 4.85. The molecular weight excluding hydrogens is 430 g/mol. The second-order valence-electron chi connectivity index (χ2n) is 5.77. The highest BCUT2D eigenvalue weighted by Crippen LogP contribution is 2.36. The van der Waals surface area contributed by atoms with Gasteiger partial charge in [0.25, 0.3) is 0 Å². The first-order chi connectivity index (χ1) is 12.7. The fraction of sp³-hybridized carbons (Fsp3) is 0.111. The number of halogens is 1. The van der Waals surface area contributed by atoms with E-state index in [1.54, 1.807) is 22.7 Å². The Morgan fingerprint density at radius 1 is 1.15 bits per heavy atom. The van der Waals surface area contributed by atoms with E-state index in [0.717, 1.165) is 53.7 Å². The topological polar surface area (TPSA) is 56.0 Å². The van der Waals surface area contributed by atoms with E-state index in [4.69, 9.17) is 10.1 Å². The van der Waals surface area contributed by atoms with Crippen LogP contribution in [0.4, 0.5) is 0 Å². The number of hydrogen-bond acceptors (Lipinski definition) is 6. The third kappa shape index (κ3) is 2.56. The molecule has 0 bridgehead atoms. The Kier molecular flexibility index (Phi) is 3.84. The van der Waals surface area contributed by atoms with Gasteiger partial charge in [-0.3, -0.25) is 0 Å². The van der Waals surface area contributed by atoms with Crippen molar-refractivity contribution in [1.82, 2.24) is 24.8 Å². The number of benzene rings is 1. The predicted octanol–water partition coefficient (Wildman–Crippen LogP) is 5.45. The molecular formula is C18H12BrN5S2. The summed E-state index contributed by atoms with van der Waals surface area (Å²) in [6, 6.07) is 12.4. The van der Waals surface area contributed by atoms with E-state index in [1.807, 2.05) is 22.7 Å². The van der Waals surface area contributed by atoms with E-state index in [2.05, 4.69) is 56.6 Å². The summed E-state index contributed by atoms with van der Waals surface area (Å²) in [5.41, 5.74) is 2.99. The Hall–Kier alpha value is -2.16. The van der Waals surface area contributed by atoms with Crippen LogP contribution in [0.25, 0.3) is 37.0 Å². The van der Waals surface area contributed by atoms with Crippen LogP contribution in [0.3, 0.4) is 0 Å². The Morgan fingerprint density at radius 3 is 2.88 bits per heavy atom. The number of rotatable bonds is 3. The van der Waals surface area contributed by atoms with Crippen molar-refractivity contribution in [2.24, 2.45) is 0 Å². The lowest BCUT2D eigenvalue weighted by Gasteiger charge is -2.07. The molecule has 0 saturated carbocycles. The number of aryl methyl sites for hydroxylation is 1. The third-order valence-corrected chi connectivity index (χ3v) is 6.46. The van der Waals surface area contributed by atoms with Gasteiger partial charge in [0, 0.05) is 21.8 Å². The monoisotopic (exact) mass is 441 g/mol. The Morgan fingerprint density at radius 2 is 2.08 bits per heavy atom. The minimum absolute atomic E-state index is 0.799. The molecule has 0 saturated heterocycles. The van der Waals surface area contributed by atoms with Crippen molar-refractivity contribution >= 4 is 54.5 Å². The summed E-state index contributed by atoms with van der Waals surface area (Å²) in [6.45, 7) is 2.06. The standard InChI is InChI=1S/C18H12BrN5S2/c1-2-16-21-22-18-24(16)23-17(26-18)12-9-14(15-4-3-7-25-15)20-13-6-5-10(19)8-11(12)13/h3-9H,2H2,1H3. The zero-order valence-electron chi connectivity index (χ0n) is 13.7. The smallest absolute Gasteiger partial charge is 0.234 e. The zero-order valence-corrected chi connectivity index (χ0v) is 16.9. The summed E-state index contributed by atoms with van der Waals surface area (Å²) in [6.07, 6.45) is 0.799. The van der Waals surface area contributed by atoms with E-state index in [-0.39, 0.29) is 0 Å². The lowest BCUT2D eigenvalue weighted by molar-refractivity contribution is 0.838. The van der Waals surface area contributed by atoms with Gasteiger partial charge in [0.15, 0.2) is 5.82 Å². The molecule has 0 fully saturated rings. The van der Waals surface area contributed by atoms with Crippen molar-refractivity contribution < 1.29 is 0 Å². The highest BCUT2D eigenvalue weighted by molar-refractivity contribution is 9.10. The maximum Gasteiger partial charge on any atom is 0.234 e. The first kappa shape index (κ1) is 16.0. The number of hydrogen-bond donors (Lipinski definition) is 0. The summed E-state index contributed by atoms with van der Waals surface area (Å²) < 4.78 is 2.86. The van der Waals surface area contributed by atoms with Crippen LogP contribution in [-0.2, 0) is 6.42 Å². The summed E-state index contributed by atoms with van der Waals surface area (Å²) in [4.78, 5) is 6.81. The van der Waals surface area contributed by atoms with Crippen molar-refractivity contribution in [3.63, 3.8) is 0 Å². The average Bonchev–Trinajstić information content (AvgIpc) is 3.37. The van der Waals surface area contributed by atoms with Gasteiger partial charge >= 0.3 is 0 Å². The molecule has 0 radical (unpaired) electrons. The maximum atomic E-state index is 4.85. The van der Waals surface area contributed by atoms with E-state index in [0.29, 0.717) is 0 Å². The van der Waals surface area contributed by atoms with E-state index < -0.39 is 0 Å². The molecule has 1 aromatic carbocycles. The van der Waals surface area contributed by atoms with E-state index in [9.17, 15) is 0 Å². The first-order valence-corrected chi connectivity index (χ1v) is 10.6. The Bertz CT molecular complexity index is 1240. The molecule has 0 N–H and O–H groups in total.